The molecule has 5 N–H and O–H groups in total. The first-order valence-electron chi connectivity index (χ1n) is 27.9. The maximum Gasteiger partial charge on any atom is 0.326 e. The molecule has 2 aromatic rings. The Bertz CT molecular complexity index is 2470. The highest BCUT2D eigenvalue weighted by molar-refractivity contribution is 7.81. The molecule has 1 aliphatic heterocycles. The Balaban J connectivity index is 1.37. The Labute approximate surface area is 492 Å². The maximum atomic E-state index is 14.5. The molecule has 1 saturated heterocycles. The lowest BCUT2D eigenvalue weighted by Gasteiger charge is -2.41. The van der Waals surface area contributed by atoms with Crippen molar-refractivity contribution in [3.05, 3.63) is 65.0 Å². The molecule has 8 atom stereocenters. The molecule has 1 aliphatic rings. The van der Waals surface area contributed by atoms with Gasteiger partial charge in [-0.2, -0.15) is 21.4 Å². The molecule has 472 valence electrons. The normalized spacial score (nSPS) is 16.0. The highest BCUT2D eigenvalue weighted by Crippen LogP contribution is 2.32. The van der Waals surface area contributed by atoms with Gasteiger partial charge in [0.05, 0.1) is 77.8 Å². The molecule has 21 nitrogen and oxygen atoms in total. The van der Waals surface area contributed by atoms with Crippen LogP contribution in [0.15, 0.2) is 30.3 Å². The largest absolute Gasteiger partial charge is 0.480 e. The van der Waals surface area contributed by atoms with Crippen LogP contribution in [0.4, 0.5) is 22.0 Å². The van der Waals surface area contributed by atoms with E-state index in [0.29, 0.717) is 25.8 Å². The third kappa shape index (κ3) is 22.4. The predicted octanol–water partition coefficient (Wildman–Crippen LogP) is 4.69. The second-order valence-electron chi connectivity index (χ2n) is 21.3. The topological polar surface area (TPSA) is 267 Å². The lowest BCUT2D eigenvalue weighted by molar-refractivity contribution is -0.146. The number of ether oxygens (including phenoxy) is 6. The van der Waals surface area contributed by atoms with Crippen molar-refractivity contribution in [2.24, 2.45) is 17.8 Å². The zero-order valence-corrected chi connectivity index (χ0v) is 50.1. The van der Waals surface area contributed by atoms with Crippen LogP contribution in [0, 0.1) is 46.8 Å². The van der Waals surface area contributed by atoms with Gasteiger partial charge in [-0.1, -0.05) is 71.4 Å². The van der Waals surface area contributed by atoms with Gasteiger partial charge >= 0.3 is 11.9 Å². The lowest BCUT2D eigenvalue weighted by Crippen LogP contribution is -2.62. The Morgan fingerprint density at radius 2 is 1.32 bits per heavy atom. The summed E-state index contributed by atoms with van der Waals surface area (Å²) in [5.74, 6) is -19.6. The molecule has 0 spiro atoms. The van der Waals surface area contributed by atoms with Crippen molar-refractivity contribution in [2.45, 2.75) is 141 Å². The van der Waals surface area contributed by atoms with E-state index in [2.05, 4.69) is 26.0 Å². The molecule has 84 heavy (non-hydrogen) atoms. The summed E-state index contributed by atoms with van der Waals surface area (Å²) in [6, 6.07) is 5.70. The monoisotopic (exact) mass is 1220 g/mol. The average molecular weight is 1220 g/mol. The number of methoxy groups -OCH3 is 1. The number of carbonyl (C=O) groups is 8. The summed E-state index contributed by atoms with van der Waals surface area (Å²) >= 11 is 4.83. The predicted molar refractivity (Wildman–Crippen MR) is 299 cm³/mol. The van der Waals surface area contributed by atoms with Crippen LogP contribution in [-0.2, 0) is 68.5 Å². The first-order chi connectivity index (χ1) is 39.7. The lowest BCUT2D eigenvalue weighted by atomic mass is 9.89. The van der Waals surface area contributed by atoms with E-state index >= 15 is 0 Å². The minimum absolute atomic E-state index is 0.00165. The van der Waals surface area contributed by atoms with E-state index in [9.17, 15) is 65.4 Å². The molecule has 0 radical (unpaired) electrons. The van der Waals surface area contributed by atoms with Gasteiger partial charge in [0.25, 0.3) is 0 Å². The number of amides is 6. The van der Waals surface area contributed by atoms with Gasteiger partial charge in [0, 0.05) is 63.7 Å². The van der Waals surface area contributed by atoms with E-state index < -0.39 is 130 Å². The molecule has 3 rings (SSSR count). The van der Waals surface area contributed by atoms with Crippen LogP contribution in [0.1, 0.15) is 99.0 Å². The summed E-state index contributed by atoms with van der Waals surface area (Å²) in [6.07, 6.45) is 0.383. The number of esters is 1. The molecule has 0 saturated carbocycles. The van der Waals surface area contributed by atoms with Crippen molar-refractivity contribution >= 4 is 60.0 Å². The highest BCUT2D eigenvalue weighted by Gasteiger charge is 2.43. The van der Waals surface area contributed by atoms with E-state index in [4.69, 9.17) is 36.3 Å². The molecule has 8 unspecified atom stereocenters. The Kier molecular flexibility index (Phi) is 31.1. The Morgan fingerprint density at radius 1 is 0.774 bits per heavy atom. The number of thiol groups is 1. The SMILES string of the molecule is CCC(C)C(C(CC(=O)N1CCCC1C(S)C(C)C(=O)NC(Cc1ccccc1)C(=O)O)OC)N(C)C(=O)C(NC(=O)C(C)(C)NC(=O)CCOCCOCCNC(=O)CCOCCOCCC(=O)Oc1c(F)c(F)c(F)c(F)c1F)C(C)C. The van der Waals surface area contributed by atoms with Crippen LogP contribution in [0.5, 0.6) is 5.75 Å². The number of likely N-dealkylation sites (N-methyl/N-ethyl adjacent to an activating group) is 1. The Hall–Kier alpha value is -6.00. The number of halogens is 5. The van der Waals surface area contributed by atoms with Crippen LogP contribution < -0.4 is 26.0 Å². The van der Waals surface area contributed by atoms with Crippen molar-refractivity contribution in [2.75, 3.05) is 80.1 Å². The molecule has 0 bridgehead atoms. The summed E-state index contributed by atoms with van der Waals surface area (Å²) in [5, 5.41) is 20.1. The van der Waals surface area contributed by atoms with Gasteiger partial charge in [0.15, 0.2) is 0 Å². The minimum Gasteiger partial charge on any atom is -0.480 e. The van der Waals surface area contributed by atoms with Crippen LogP contribution in [-0.4, -0.2) is 183 Å². The van der Waals surface area contributed by atoms with Crippen molar-refractivity contribution in [1.82, 2.24) is 31.1 Å². The molecule has 2 aromatic carbocycles. The summed E-state index contributed by atoms with van der Waals surface area (Å²) in [7, 11) is 3.08. The van der Waals surface area contributed by atoms with Crippen LogP contribution in [0.3, 0.4) is 0 Å². The summed E-state index contributed by atoms with van der Waals surface area (Å²) in [5.41, 5.74) is -0.706. The zero-order chi connectivity index (χ0) is 62.8. The number of carboxylic acid groups (broad SMARTS) is 1. The van der Waals surface area contributed by atoms with E-state index in [0.717, 1.165) is 5.56 Å². The smallest absolute Gasteiger partial charge is 0.326 e. The van der Waals surface area contributed by atoms with Crippen molar-refractivity contribution in [3.63, 3.8) is 0 Å². The fourth-order valence-corrected chi connectivity index (χ4v) is 9.60. The number of carboxylic acids is 1. The number of benzene rings is 2. The van der Waals surface area contributed by atoms with Gasteiger partial charge in [-0.05, 0) is 44.1 Å². The molecular formula is C57H83F5N6O15S. The number of nitrogens with one attached hydrogen (secondary N) is 4. The zero-order valence-electron chi connectivity index (χ0n) is 49.2. The van der Waals surface area contributed by atoms with E-state index in [1.54, 1.807) is 57.0 Å². The average Bonchev–Trinajstić information content (AvgIpc) is 3.95. The minimum atomic E-state index is -2.39. The third-order valence-corrected chi connectivity index (χ3v) is 15.0. The second-order valence-corrected chi connectivity index (χ2v) is 21.9. The molecule has 27 heteroatoms. The van der Waals surface area contributed by atoms with Crippen LogP contribution >= 0.6 is 12.6 Å². The molecule has 1 heterocycles. The van der Waals surface area contributed by atoms with E-state index in [1.807, 2.05) is 19.9 Å². The number of hydrogen-bond acceptors (Lipinski definition) is 15. The molecule has 0 aromatic heterocycles. The van der Waals surface area contributed by atoms with Gasteiger partial charge in [-0.25, -0.2) is 18.0 Å². The van der Waals surface area contributed by atoms with Crippen molar-refractivity contribution in [1.29, 1.82) is 0 Å². The van der Waals surface area contributed by atoms with E-state index in [1.165, 1.54) is 25.9 Å². The van der Waals surface area contributed by atoms with Crippen molar-refractivity contribution < 1.29 is 93.8 Å². The number of likely N-dealkylation sites (tertiary alicyclic amines) is 1. The first kappa shape index (κ1) is 72.3. The van der Waals surface area contributed by atoms with Crippen LogP contribution in [0.25, 0.3) is 0 Å². The first-order valence-corrected chi connectivity index (χ1v) is 28.5. The fraction of sp³-hybridized carbons (Fsp3) is 0.649. The number of nitrogens with zero attached hydrogens (tertiary/aromatic N) is 2. The fourth-order valence-electron chi connectivity index (χ4n) is 9.16. The highest BCUT2D eigenvalue weighted by atomic mass is 32.1. The van der Waals surface area contributed by atoms with Gasteiger partial charge in [0.2, 0.25) is 70.3 Å². The molecular weight excluding hydrogens is 1140 g/mol. The summed E-state index contributed by atoms with van der Waals surface area (Å²) < 4.78 is 98.7. The van der Waals surface area contributed by atoms with Gasteiger partial charge in [-0.15, -0.1) is 0 Å². The number of hydrogen-bond donors (Lipinski definition) is 6. The van der Waals surface area contributed by atoms with Gasteiger partial charge in [-0.3, -0.25) is 33.6 Å². The number of aliphatic carboxylic acids is 1. The molecule has 1 fully saturated rings. The quantitative estimate of drug-likeness (QED) is 0.0101. The van der Waals surface area contributed by atoms with Gasteiger partial charge in [0.1, 0.15) is 17.6 Å². The number of carbonyl (C=O) groups excluding carboxylic acids is 7. The Morgan fingerprint density at radius 3 is 1.87 bits per heavy atom. The molecule has 6 amide bonds. The maximum absolute atomic E-state index is 14.5. The standard InChI is InChI=1S/C57H83F5N6O15S/c1-10-34(4)50(39(78-9)32-42(71)68-22-14-17-38(68)52(84)35(5)53(73)64-37(55(75)76)31-36-15-12-11-13-16-36)67(8)54(74)49(33(2)3)65-56(77)57(6,7)66-41(70)19-24-80-29-30-82-26-21-63-40(69)18-23-79-27-28-81-25-20-43(72)83-51-47(61)45(59)44(58)46(60)48(51)62/h11-13,15-16,33-35,37-39,49-50,52,84H,10,14,17-32H2,1-9H3,(H,63,69)(H,64,73)(H,65,77)(H,66,70)(H,75,76). The third-order valence-electron chi connectivity index (χ3n) is 14.3. The summed E-state index contributed by atoms with van der Waals surface area (Å²) in [6.45, 7) is 12.8. The van der Waals surface area contributed by atoms with Gasteiger partial charge < -0.3 is 64.6 Å². The molecule has 0 aliphatic carbocycles. The second kappa shape index (κ2) is 36.1. The summed E-state index contributed by atoms with van der Waals surface area (Å²) in [4.78, 5) is 108. The van der Waals surface area contributed by atoms with Crippen LogP contribution in [0.2, 0.25) is 0 Å². The van der Waals surface area contributed by atoms with E-state index in [-0.39, 0.29) is 103 Å². The number of rotatable bonds is 38. The van der Waals surface area contributed by atoms with Crippen molar-refractivity contribution in [3.8, 4) is 5.75 Å².